The highest BCUT2D eigenvalue weighted by molar-refractivity contribution is 14.0. The predicted octanol–water partition coefficient (Wildman–Crippen LogP) is 3.14. The molecule has 0 saturated heterocycles. The molecule has 1 unspecified atom stereocenters. The van der Waals surface area contributed by atoms with E-state index < -0.39 is 0 Å². The van der Waals surface area contributed by atoms with Crippen molar-refractivity contribution in [1.82, 2.24) is 15.2 Å². The van der Waals surface area contributed by atoms with Crippen LogP contribution in [0.3, 0.4) is 0 Å². The number of aliphatic imine (C=N–C) groups is 1. The predicted molar refractivity (Wildman–Crippen MR) is 117 cm³/mol. The lowest BCUT2D eigenvalue weighted by molar-refractivity contribution is 0.229. The maximum absolute atomic E-state index is 5.90. The summed E-state index contributed by atoms with van der Waals surface area (Å²) < 4.78 is 13.2. The van der Waals surface area contributed by atoms with Gasteiger partial charge in [0.1, 0.15) is 17.6 Å². The molecule has 0 amide bonds. The Morgan fingerprint density at radius 1 is 1.15 bits per heavy atom. The van der Waals surface area contributed by atoms with Crippen LogP contribution in [0.5, 0.6) is 11.5 Å². The van der Waals surface area contributed by atoms with Crippen LogP contribution in [-0.2, 0) is 6.54 Å². The van der Waals surface area contributed by atoms with Gasteiger partial charge in [-0.1, -0.05) is 6.07 Å². The molecule has 2 N–H and O–H groups in total. The molecule has 2 aromatic rings. The molecule has 1 aromatic carbocycles. The Morgan fingerprint density at radius 2 is 1.88 bits per heavy atom. The summed E-state index contributed by atoms with van der Waals surface area (Å²) in [5, 5.41) is 6.59. The average Bonchev–Trinajstić information content (AvgIpc) is 3.13. The summed E-state index contributed by atoms with van der Waals surface area (Å²) in [5.41, 5.74) is 0. The van der Waals surface area contributed by atoms with Crippen LogP contribution in [-0.4, -0.2) is 43.4 Å². The second kappa shape index (κ2) is 12.5. The number of rotatable bonds is 9. The number of hydrogen-bond donors (Lipinski definition) is 2. The normalized spacial score (nSPS) is 12.0. The van der Waals surface area contributed by atoms with E-state index in [1.54, 1.807) is 7.11 Å². The summed E-state index contributed by atoms with van der Waals surface area (Å²) in [6.07, 6.45) is 4.07. The summed E-state index contributed by atoms with van der Waals surface area (Å²) in [5.74, 6) is 2.37. The lowest BCUT2D eigenvalue weighted by Crippen LogP contribution is -2.39. The summed E-state index contributed by atoms with van der Waals surface area (Å²) in [6, 6.07) is 11.7. The van der Waals surface area contributed by atoms with Crippen molar-refractivity contribution in [2.45, 2.75) is 26.5 Å². The minimum atomic E-state index is -0.0352. The van der Waals surface area contributed by atoms with E-state index in [1.807, 2.05) is 43.3 Å². The maximum Gasteiger partial charge on any atom is 0.191 e. The zero-order chi connectivity index (χ0) is 17.9. The van der Waals surface area contributed by atoms with E-state index in [0.717, 1.165) is 37.1 Å². The van der Waals surface area contributed by atoms with E-state index in [-0.39, 0.29) is 30.1 Å². The topological polar surface area (TPSA) is 59.8 Å². The molecule has 7 heteroatoms. The van der Waals surface area contributed by atoms with Crippen molar-refractivity contribution in [2.24, 2.45) is 4.99 Å². The summed E-state index contributed by atoms with van der Waals surface area (Å²) in [4.78, 5) is 4.60. The van der Waals surface area contributed by atoms with Gasteiger partial charge >= 0.3 is 0 Å². The standard InChI is InChI=1S/C19H28N4O2.HI/c1-4-20-19(21-10-13-23-11-5-6-12-23)22-15-16(2)25-18-9-7-8-17(14-18)24-3;/h5-9,11-12,14,16H,4,10,13,15H2,1-3H3,(H2,20,21,22);1H. The van der Waals surface area contributed by atoms with Crippen molar-refractivity contribution < 1.29 is 9.47 Å². The van der Waals surface area contributed by atoms with Gasteiger partial charge in [-0.25, -0.2) is 4.99 Å². The molecular formula is C19H29IN4O2. The first-order chi connectivity index (χ1) is 12.2. The van der Waals surface area contributed by atoms with Gasteiger partial charge in [0.2, 0.25) is 0 Å². The van der Waals surface area contributed by atoms with Crippen molar-refractivity contribution in [3.8, 4) is 11.5 Å². The van der Waals surface area contributed by atoms with E-state index >= 15 is 0 Å². The summed E-state index contributed by atoms with van der Waals surface area (Å²) in [7, 11) is 1.65. The number of methoxy groups -OCH3 is 1. The van der Waals surface area contributed by atoms with Gasteiger partial charge in [-0.3, -0.25) is 0 Å². The molecule has 0 saturated carbocycles. The molecule has 1 heterocycles. The van der Waals surface area contributed by atoms with Crippen molar-refractivity contribution in [3.05, 3.63) is 48.8 Å². The number of benzene rings is 1. The molecule has 0 spiro atoms. The van der Waals surface area contributed by atoms with Gasteiger partial charge in [0, 0.05) is 38.1 Å². The monoisotopic (exact) mass is 472 g/mol. The average molecular weight is 472 g/mol. The highest BCUT2D eigenvalue weighted by Gasteiger charge is 2.05. The number of halogens is 1. The van der Waals surface area contributed by atoms with E-state index in [4.69, 9.17) is 9.47 Å². The Balaban J connectivity index is 0.00000338. The van der Waals surface area contributed by atoms with Crippen LogP contribution in [0.2, 0.25) is 0 Å². The maximum atomic E-state index is 5.90. The molecule has 2 rings (SSSR count). The van der Waals surface area contributed by atoms with E-state index in [0.29, 0.717) is 6.54 Å². The van der Waals surface area contributed by atoms with Crippen LogP contribution in [0.15, 0.2) is 53.8 Å². The lowest BCUT2D eigenvalue weighted by Gasteiger charge is -2.15. The fourth-order valence-corrected chi connectivity index (χ4v) is 2.33. The largest absolute Gasteiger partial charge is 0.497 e. The van der Waals surface area contributed by atoms with Crippen molar-refractivity contribution in [2.75, 3.05) is 26.7 Å². The fraction of sp³-hybridized carbons (Fsp3) is 0.421. The first-order valence-electron chi connectivity index (χ1n) is 8.65. The molecule has 144 valence electrons. The first-order valence-corrected chi connectivity index (χ1v) is 8.65. The summed E-state index contributed by atoms with van der Waals surface area (Å²) >= 11 is 0. The minimum Gasteiger partial charge on any atom is -0.497 e. The van der Waals surface area contributed by atoms with Crippen LogP contribution in [0.25, 0.3) is 0 Å². The highest BCUT2D eigenvalue weighted by atomic mass is 127. The van der Waals surface area contributed by atoms with Crippen LogP contribution < -0.4 is 20.1 Å². The van der Waals surface area contributed by atoms with Gasteiger partial charge < -0.3 is 24.7 Å². The van der Waals surface area contributed by atoms with Gasteiger partial charge in [0.25, 0.3) is 0 Å². The Bertz CT molecular complexity index is 647. The SMILES string of the molecule is CCNC(=NCC(C)Oc1cccc(OC)c1)NCCn1cccc1.I. The third-order valence-corrected chi connectivity index (χ3v) is 3.56. The van der Waals surface area contributed by atoms with E-state index in [2.05, 4.69) is 39.5 Å². The Hall–Kier alpha value is -1.90. The molecule has 26 heavy (non-hydrogen) atoms. The Morgan fingerprint density at radius 3 is 2.58 bits per heavy atom. The van der Waals surface area contributed by atoms with Gasteiger partial charge in [-0.05, 0) is 38.1 Å². The van der Waals surface area contributed by atoms with Crippen molar-refractivity contribution in [3.63, 3.8) is 0 Å². The van der Waals surface area contributed by atoms with E-state index in [9.17, 15) is 0 Å². The molecule has 0 aliphatic heterocycles. The minimum absolute atomic E-state index is 0. The van der Waals surface area contributed by atoms with Crippen LogP contribution in [0.4, 0.5) is 0 Å². The highest BCUT2D eigenvalue weighted by Crippen LogP contribution is 2.19. The molecule has 0 bridgehead atoms. The molecule has 1 aromatic heterocycles. The van der Waals surface area contributed by atoms with Crippen LogP contribution in [0, 0.1) is 0 Å². The summed E-state index contributed by atoms with van der Waals surface area (Å²) in [6.45, 7) is 7.15. The number of hydrogen-bond acceptors (Lipinski definition) is 3. The zero-order valence-electron chi connectivity index (χ0n) is 15.6. The molecule has 0 radical (unpaired) electrons. The quantitative estimate of drug-likeness (QED) is 0.335. The second-order valence-electron chi connectivity index (χ2n) is 5.67. The number of ether oxygens (including phenoxy) is 2. The van der Waals surface area contributed by atoms with Gasteiger partial charge in [-0.2, -0.15) is 0 Å². The number of guanidine groups is 1. The molecule has 1 atom stereocenters. The van der Waals surface area contributed by atoms with Crippen molar-refractivity contribution in [1.29, 1.82) is 0 Å². The first kappa shape index (κ1) is 22.1. The Labute approximate surface area is 173 Å². The lowest BCUT2D eigenvalue weighted by atomic mass is 10.3. The Kier molecular flexibility index (Phi) is 10.6. The van der Waals surface area contributed by atoms with Crippen molar-refractivity contribution >= 4 is 29.9 Å². The molecule has 6 nitrogen and oxygen atoms in total. The molecule has 0 fully saturated rings. The second-order valence-corrected chi connectivity index (χ2v) is 5.67. The number of nitrogens with one attached hydrogen (secondary N) is 2. The molecular weight excluding hydrogens is 443 g/mol. The third-order valence-electron chi connectivity index (χ3n) is 3.56. The molecule has 0 aliphatic carbocycles. The third kappa shape index (κ3) is 7.99. The number of aromatic nitrogens is 1. The molecule has 0 aliphatic rings. The van der Waals surface area contributed by atoms with Crippen LogP contribution in [0.1, 0.15) is 13.8 Å². The van der Waals surface area contributed by atoms with Crippen LogP contribution >= 0.6 is 24.0 Å². The number of nitrogens with zero attached hydrogens (tertiary/aromatic N) is 2. The fourth-order valence-electron chi connectivity index (χ4n) is 2.33. The van der Waals surface area contributed by atoms with E-state index in [1.165, 1.54) is 0 Å². The zero-order valence-corrected chi connectivity index (χ0v) is 18.0. The van der Waals surface area contributed by atoms with Gasteiger partial charge in [0.15, 0.2) is 5.96 Å². The van der Waals surface area contributed by atoms with Gasteiger partial charge in [-0.15, -0.1) is 24.0 Å². The van der Waals surface area contributed by atoms with Gasteiger partial charge in [0.05, 0.1) is 13.7 Å². The smallest absolute Gasteiger partial charge is 0.191 e.